The van der Waals surface area contributed by atoms with Crippen molar-refractivity contribution in [2.24, 2.45) is 0 Å². The first-order chi connectivity index (χ1) is 9.06. The van der Waals surface area contributed by atoms with E-state index in [1.54, 1.807) is 0 Å². The highest BCUT2D eigenvalue weighted by atomic mass is 16.1. The number of rotatable bonds is 3. The highest BCUT2D eigenvalue weighted by Gasteiger charge is 2.07. The zero-order chi connectivity index (χ0) is 13.8. The van der Waals surface area contributed by atoms with Crippen molar-refractivity contribution in [3.05, 3.63) is 64.7 Å². The summed E-state index contributed by atoms with van der Waals surface area (Å²) >= 11 is 0. The maximum Gasteiger partial charge on any atom is 0.228 e. The van der Waals surface area contributed by atoms with Gasteiger partial charge in [-0.2, -0.15) is 0 Å². The summed E-state index contributed by atoms with van der Waals surface area (Å²) in [5.74, 6) is 0.0289. The molecule has 0 heterocycles. The quantitative estimate of drug-likeness (QED) is 0.885. The van der Waals surface area contributed by atoms with Gasteiger partial charge in [0.2, 0.25) is 5.91 Å². The van der Waals surface area contributed by atoms with E-state index in [0.717, 1.165) is 16.8 Å². The summed E-state index contributed by atoms with van der Waals surface area (Å²) in [4.78, 5) is 12.1. The van der Waals surface area contributed by atoms with Crippen LogP contribution in [-0.2, 0) is 11.2 Å². The molecular weight excluding hydrogens is 234 g/mol. The van der Waals surface area contributed by atoms with Crippen LogP contribution in [0.3, 0.4) is 0 Å². The van der Waals surface area contributed by atoms with Crippen molar-refractivity contribution in [3.8, 4) is 0 Å². The smallest absolute Gasteiger partial charge is 0.228 e. The molecule has 1 N–H and O–H groups in total. The highest BCUT2D eigenvalue weighted by molar-refractivity contribution is 5.93. The van der Waals surface area contributed by atoms with Crippen molar-refractivity contribution >= 4 is 11.6 Å². The Morgan fingerprint density at radius 1 is 1.00 bits per heavy atom. The molecule has 0 fully saturated rings. The number of anilines is 1. The third-order valence-electron chi connectivity index (χ3n) is 3.27. The van der Waals surface area contributed by atoms with Gasteiger partial charge >= 0.3 is 0 Å². The van der Waals surface area contributed by atoms with E-state index in [1.807, 2.05) is 50.2 Å². The fourth-order valence-corrected chi connectivity index (χ4v) is 2.12. The van der Waals surface area contributed by atoms with Gasteiger partial charge in [-0.3, -0.25) is 4.79 Å². The van der Waals surface area contributed by atoms with Crippen LogP contribution in [0.15, 0.2) is 42.5 Å². The zero-order valence-corrected chi connectivity index (χ0v) is 11.7. The molecule has 2 aromatic carbocycles. The van der Waals surface area contributed by atoms with Gasteiger partial charge in [-0.25, -0.2) is 0 Å². The number of amides is 1. The summed E-state index contributed by atoms with van der Waals surface area (Å²) in [6.07, 6.45) is 0.417. The molecule has 0 aromatic heterocycles. The number of nitrogens with one attached hydrogen (secondary N) is 1. The number of aryl methyl sites for hydroxylation is 3. The van der Waals surface area contributed by atoms with Gasteiger partial charge < -0.3 is 5.32 Å². The van der Waals surface area contributed by atoms with Crippen LogP contribution < -0.4 is 5.32 Å². The van der Waals surface area contributed by atoms with Gasteiger partial charge in [-0.1, -0.05) is 42.0 Å². The molecule has 0 spiro atoms. The van der Waals surface area contributed by atoms with Crippen LogP contribution in [0.5, 0.6) is 0 Å². The lowest BCUT2D eigenvalue weighted by molar-refractivity contribution is -0.115. The van der Waals surface area contributed by atoms with Gasteiger partial charge in [0.1, 0.15) is 0 Å². The van der Waals surface area contributed by atoms with Crippen molar-refractivity contribution in [3.63, 3.8) is 0 Å². The first-order valence-electron chi connectivity index (χ1n) is 6.48. The fraction of sp³-hybridized carbons (Fsp3) is 0.235. The normalized spacial score (nSPS) is 10.3. The minimum Gasteiger partial charge on any atom is -0.326 e. The predicted molar refractivity (Wildman–Crippen MR) is 79.4 cm³/mol. The average Bonchev–Trinajstić information content (AvgIpc) is 2.36. The summed E-state index contributed by atoms with van der Waals surface area (Å²) in [5, 5.41) is 2.96. The molecule has 19 heavy (non-hydrogen) atoms. The second-order valence-electron chi connectivity index (χ2n) is 4.97. The maximum absolute atomic E-state index is 12.1. The molecule has 0 aliphatic carbocycles. The molecule has 98 valence electrons. The Hall–Kier alpha value is -2.09. The van der Waals surface area contributed by atoms with E-state index in [2.05, 4.69) is 18.3 Å². The standard InChI is InChI=1S/C17H19NO/c1-12-8-9-15(14(3)10-12)11-17(19)18-16-7-5-4-6-13(16)2/h4-10H,11H2,1-3H3,(H,18,19). The molecule has 0 radical (unpaired) electrons. The second-order valence-corrected chi connectivity index (χ2v) is 4.97. The minimum atomic E-state index is 0.0289. The van der Waals surface area contributed by atoms with Gasteiger partial charge in [0.05, 0.1) is 6.42 Å². The first-order valence-corrected chi connectivity index (χ1v) is 6.48. The van der Waals surface area contributed by atoms with Crippen molar-refractivity contribution in [1.29, 1.82) is 0 Å². The number of hydrogen-bond acceptors (Lipinski definition) is 1. The van der Waals surface area contributed by atoms with Crippen LogP contribution in [0.4, 0.5) is 5.69 Å². The molecule has 0 aliphatic rings. The van der Waals surface area contributed by atoms with Crippen LogP contribution in [0.2, 0.25) is 0 Å². The molecule has 2 aromatic rings. The van der Waals surface area contributed by atoms with Gasteiger partial charge in [0, 0.05) is 5.69 Å². The summed E-state index contributed by atoms with van der Waals surface area (Å²) < 4.78 is 0. The number of para-hydroxylation sites is 1. The summed E-state index contributed by atoms with van der Waals surface area (Å²) in [7, 11) is 0. The largest absolute Gasteiger partial charge is 0.326 e. The Kier molecular flexibility index (Phi) is 4.00. The van der Waals surface area contributed by atoms with Crippen LogP contribution in [0.1, 0.15) is 22.3 Å². The molecule has 0 saturated heterocycles. The van der Waals surface area contributed by atoms with Gasteiger partial charge in [0.15, 0.2) is 0 Å². The topological polar surface area (TPSA) is 29.1 Å². The van der Waals surface area contributed by atoms with E-state index in [1.165, 1.54) is 11.1 Å². The van der Waals surface area contributed by atoms with E-state index in [0.29, 0.717) is 6.42 Å². The zero-order valence-electron chi connectivity index (χ0n) is 11.7. The Bertz CT molecular complexity index is 602. The predicted octanol–water partition coefficient (Wildman–Crippen LogP) is 3.79. The van der Waals surface area contributed by atoms with E-state index >= 15 is 0 Å². The molecule has 0 atom stereocenters. The Morgan fingerprint density at radius 3 is 2.42 bits per heavy atom. The molecular formula is C17H19NO. The summed E-state index contributed by atoms with van der Waals surface area (Å²) in [5.41, 5.74) is 5.44. The van der Waals surface area contributed by atoms with Gasteiger partial charge in [-0.15, -0.1) is 0 Å². The first kappa shape index (κ1) is 13.3. The average molecular weight is 253 g/mol. The number of hydrogen-bond donors (Lipinski definition) is 1. The van der Waals surface area contributed by atoms with Crippen molar-refractivity contribution in [2.45, 2.75) is 27.2 Å². The monoisotopic (exact) mass is 253 g/mol. The molecule has 0 bridgehead atoms. The van der Waals surface area contributed by atoms with E-state index in [9.17, 15) is 4.79 Å². The van der Waals surface area contributed by atoms with Crippen molar-refractivity contribution in [2.75, 3.05) is 5.32 Å². The second kappa shape index (κ2) is 5.70. The molecule has 2 rings (SSSR count). The van der Waals surface area contributed by atoms with E-state index in [4.69, 9.17) is 0 Å². The Balaban J connectivity index is 2.08. The van der Waals surface area contributed by atoms with Gasteiger partial charge in [0.25, 0.3) is 0 Å². The SMILES string of the molecule is Cc1ccc(CC(=O)Nc2ccccc2C)c(C)c1. The maximum atomic E-state index is 12.1. The third-order valence-corrected chi connectivity index (χ3v) is 3.27. The summed E-state index contributed by atoms with van der Waals surface area (Å²) in [6.45, 7) is 6.10. The number of carbonyl (C=O) groups is 1. The van der Waals surface area contributed by atoms with E-state index in [-0.39, 0.29) is 5.91 Å². The van der Waals surface area contributed by atoms with Crippen LogP contribution in [0, 0.1) is 20.8 Å². The fourth-order valence-electron chi connectivity index (χ4n) is 2.12. The molecule has 0 saturated carbocycles. The lowest BCUT2D eigenvalue weighted by Gasteiger charge is -2.10. The lowest BCUT2D eigenvalue weighted by atomic mass is 10.0. The Morgan fingerprint density at radius 2 is 1.74 bits per heavy atom. The molecule has 0 unspecified atom stereocenters. The van der Waals surface area contributed by atoms with Gasteiger partial charge in [-0.05, 0) is 43.5 Å². The molecule has 1 amide bonds. The molecule has 2 nitrogen and oxygen atoms in total. The summed E-state index contributed by atoms with van der Waals surface area (Å²) in [6, 6.07) is 14.0. The van der Waals surface area contributed by atoms with Crippen molar-refractivity contribution < 1.29 is 4.79 Å². The van der Waals surface area contributed by atoms with E-state index < -0.39 is 0 Å². The number of benzene rings is 2. The number of carbonyl (C=O) groups excluding carboxylic acids is 1. The van der Waals surface area contributed by atoms with Crippen LogP contribution in [-0.4, -0.2) is 5.91 Å². The van der Waals surface area contributed by atoms with Crippen LogP contribution >= 0.6 is 0 Å². The van der Waals surface area contributed by atoms with Crippen molar-refractivity contribution in [1.82, 2.24) is 0 Å². The Labute approximate surface area is 114 Å². The lowest BCUT2D eigenvalue weighted by Crippen LogP contribution is -2.15. The minimum absolute atomic E-state index is 0.0289. The highest BCUT2D eigenvalue weighted by Crippen LogP contribution is 2.15. The molecule has 0 aliphatic heterocycles. The molecule has 2 heteroatoms. The van der Waals surface area contributed by atoms with Crippen LogP contribution in [0.25, 0.3) is 0 Å². The third kappa shape index (κ3) is 3.44.